The summed E-state index contributed by atoms with van der Waals surface area (Å²) in [6.07, 6.45) is 4.59. The van der Waals surface area contributed by atoms with E-state index in [1.165, 1.54) is 0 Å². The molecule has 0 unspecified atom stereocenters. The number of nitrogens with one attached hydrogen (secondary N) is 4. The van der Waals surface area contributed by atoms with Crippen molar-refractivity contribution >= 4 is 34.1 Å². The van der Waals surface area contributed by atoms with Crippen LogP contribution < -0.4 is 16.0 Å². The molecule has 0 radical (unpaired) electrons. The number of pyridine rings is 1. The maximum absolute atomic E-state index is 12.3. The molecule has 0 saturated carbocycles. The number of carbonyl (C=O) groups is 1. The lowest BCUT2D eigenvalue weighted by Gasteiger charge is -2.11. The van der Waals surface area contributed by atoms with Gasteiger partial charge in [-0.25, -0.2) is 4.98 Å². The summed E-state index contributed by atoms with van der Waals surface area (Å²) in [7, 11) is 0. The lowest BCUT2D eigenvalue weighted by molar-refractivity contribution is -0.120. The monoisotopic (exact) mass is 563 g/mol. The molecule has 0 bridgehead atoms. The molecule has 0 aliphatic heterocycles. The molecule has 0 saturated heterocycles. The van der Waals surface area contributed by atoms with Crippen molar-refractivity contribution in [2.24, 2.45) is 0 Å². The number of carbonyl (C=O) groups excluding carboxylic acids is 1. The number of aromatic nitrogens is 3. The molecular weight excluding hydrogens is 534 g/mol. The molecule has 206 valence electrons. The van der Waals surface area contributed by atoms with Gasteiger partial charge in [0.25, 0.3) is 0 Å². The van der Waals surface area contributed by atoms with Crippen LogP contribution in [0.15, 0.2) is 85.2 Å². The Hall–Kier alpha value is -4.71. The largest absolute Gasteiger partial charge is 0.384 e. The molecule has 0 aliphatic rings. The average molecular weight is 564 g/mol. The van der Waals surface area contributed by atoms with Crippen molar-refractivity contribution in [3.8, 4) is 28.3 Å². The molecule has 9 heteroatoms. The summed E-state index contributed by atoms with van der Waals surface area (Å²) < 4.78 is 0. The standard InChI is InChI=1S/C32H30ClN7O/c33-29-15-22(7-8-27(29)23-5-2-1-3-6-23)20-35-13-10-32(41)38-12-4-11-37-30-17-25(18-31-28(30)21-39-40-31)24-9-14-36-26(16-24)19-34/h1-3,5-9,14-18,21,35,37H,4,10-13,20H2,(H,38,41)(H,39,40). The van der Waals surface area contributed by atoms with Gasteiger partial charge in [0.2, 0.25) is 5.91 Å². The SMILES string of the molecule is N#Cc1cc(-c2cc(NCCCNC(=O)CCNCc3ccc(-c4ccccc4)c(Cl)c3)c3cn[nH]c3c2)ccn1. The third-order valence-electron chi connectivity index (χ3n) is 6.73. The Morgan fingerprint density at radius 3 is 2.66 bits per heavy atom. The minimum absolute atomic E-state index is 0.0140. The second-order valence-electron chi connectivity index (χ2n) is 9.63. The van der Waals surface area contributed by atoms with Crippen LogP contribution >= 0.6 is 11.6 Å². The summed E-state index contributed by atoms with van der Waals surface area (Å²) in [5.74, 6) is 0.0140. The second kappa shape index (κ2) is 13.6. The number of halogens is 1. The summed E-state index contributed by atoms with van der Waals surface area (Å²) in [6, 6.07) is 25.9. The number of rotatable bonds is 12. The number of hydrogen-bond donors (Lipinski definition) is 4. The number of anilines is 1. The van der Waals surface area contributed by atoms with Crippen LogP contribution in [0.2, 0.25) is 5.02 Å². The van der Waals surface area contributed by atoms with E-state index in [1.54, 1.807) is 18.5 Å². The Labute approximate surface area is 243 Å². The van der Waals surface area contributed by atoms with Crippen molar-refractivity contribution in [2.75, 3.05) is 25.0 Å². The van der Waals surface area contributed by atoms with E-state index < -0.39 is 0 Å². The third-order valence-corrected chi connectivity index (χ3v) is 7.05. The van der Waals surface area contributed by atoms with Crippen molar-refractivity contribution in [3.63, 3.8) is 0 Å². The zero-order valence-corrected chi connectivity index (χ0v) is 23.2. The van der Waals surface area contributed by atoms with Gasteiger partial charge in [0.05, 0.1) is 11.7 Å². The molecule has 8 nitrogen and oxygen atoms in total. The van der Waals surface area contributed by atoms with Crippen LogP contribution in [0.4, 0.5) is 5.69 Å². The van der Waals surface area contributed by atoms with Crippen LogP contribution in [-0.2, 0) is 11.3 Å². The summed E-state index contributed by atoms with van der Waals surface area (Å²) in [6.45, 7) is 2.48. The van der Waals surface area contributed by atoms with Gasteiger partial charge in [-0.1, -0.05) is 54.1 Å². The highest BCUT2D eigenvalue weighted by Gasteiger charge is 2.09. The van der Waals surface area contributed by atoms with E-state index in [9.17, 15) is 10.1 Å². The van der Waals surface area contributed by atoms with Crippen LogP contribution in [0.5, 0.6) is 0 Å². The third kappa shape index (κ3) is 7.28. The van der Waals surface area contributed by atoms with E-state index in [2.05, 4.69) is 43.3 Å². The number of nitriles is 1. The van der Waals surface area contributed by atoms with Gasteiger partial charge in [-0.05, 0) is 59.0 Å². The Morgan fingerprint density at radius 2 is 1.83 bits per heavy atom. The summed E-state index contributed by atoms with van der Waals surface area (Å²) >= 11 is 6.50. The van der Waals surface area contributed by atoms with Crippen LogP contribution in [0.1, 0.15) is 24.1 Å². The van der Waals surface area contributed by atoms with Crippen molar-refractivity contribution < 1.29 is 4.79 Å². The van der Waals surface area contributed by atoms with E-state index in [1.807, 2.05) is 60.7 Å². The van der Waals surface area contributed by atoms with Gasteiger partial charge in [-0.2, -0.15) is 10.4 Å². The number of benzene rings is 3. The molecule has 4 N–H and O–H groups in total. The minimum atomic E-state index is 0.0140. The number of H-pyrrole nitrogens is 1. The fraction of sp³-hybridized carbons (Fsp3) is 0.188. The van der Waals surface area contributed by atoms with E-state index in [4.69, 9.17) is 11.6 Å². The van der Waals surface area contributed by atoms with Gasteiger partial charge >= 0.3 is 0 Å². The molecule has 0 aliphatic carbocycles. The fourth-order valence-corrected chi connectivity index (χ4v) is 4.93. The minimum Gasteiger partial charge on any atom is -0.384 e. The van der Waals surface area contributed by atoms with Crippen molar-refractivity contribution in [3.05, 3.63) is 101 Å². The highest BCUT2D eigenvalue weighted by Crippen LogP contribution is 2.30. The highest BCUT2D eigenvalue weighted by atomic mass is 35.5. The van der Waals surface area contributed by atoms with Gasteiger partial charge in [0, 0.05) is 60.5 Å². The zero-order valence-electron chi connectivity index (χ0n) is 22.5. The summed E-state index contributed by atoms with van der Waals surface area (Å²) in [4.78, 5) is 16.4. The lowest BCUT2D eigenvalue weighted by atomic mass is 10.0. The maximum Gasteiger partial charge on any atom is 0.221 e. The molecule has 1 amide bonds. The number of nitrogens with zero attached hydrogens (tertiary/aromatic N) is 3. The molecule has 5 aromatic rings. The molecule has 0 fully saturated rings. The van der Waals surface area contributed by atoms with Crippen LogP contribution in [-0.4, -0.2) is 40.7 Å². The van der Waals surface area contributed by atoms with Gasteiger partial charge in [0.15, 0.2) is 0 Å². The number of aromatic amines is 1. The molecule has 2 aromatic heterocycles. The highest BCUT2D eigenvalue weighted by molar-refractivity contribution is 6.33. The lowest BCUT2D eigenvalue weighted by Crippen LogP contribution is -2.29. The van der Waals surface area contributed by atoms with E-state index in [0.717, 1.165) is 50.8 Å². The first-order chi connectivity index (χ1) is 20.1. The smallest absolute Gasteiger partial charge is 0.221 e. The number of fused-ring (bicyclic) bond motifs is 1. The summed E-state index contributed by atoms with van der Waals surface area (Å²) in [5, 5.41) is 27.8. The molecule has 5 rings (SSSR count). The van der Waals surface area contributed by atoms with Crippen molar-refractivity contribution in [2.45, 2.75) is 19.4 Å². The predicted octanol–water partition coefficient (Wildman–Crippen LogP) is 5.92. The normalized spacial score (nSPS) is 10.8. The molecule has 0 atom stereocenters. The maximum atomic E-state index is 12.3. The fourth-order valence-electron chi connectivity index (χ4n) is 4.62. The molecule has 0 spiro atoms. The Balaban J connectivity index is 1.03. The Morgan fingerprint density at radius 1 is 0.951 bits per heavy atom. The zero-order chi connectivity index (χ0) is 28.4. The first-order valence-corrected chi connectivity index (χ1v) is 13.9. The second-order valence-corrected chi connectivity index (χ2v) is 10.0. The molecule has 2 heterocycles. The van der Waals surface area contributed by atoms with Crippen LogP contribution in [0.3, 0.4) is 0 Å². The van der Waals surface area contributed by atoms with Crippen LogP contribution in [0, 0.1) is 11.3 Å². The first kappa shape index (κ1) is 27.8. The quantitative estimate of drug-likeness (QED) is 0.140. The van der Waals surface area contributed by atoms with Crippen LogP contribution in [0.25, 0.3) is 33.2 Å². The number of amides is 1. The topological polar surface area (TPSA) is 119 Å². The van der Waals surface area contributed by atoms with Crippen molar-refractivity contribution in [1.82, 2.24) is 25.8 Å². The van der Waals surface area contributed by atoms with E-state index in [0.29, 0.717) is 43.3 Å². The van der Waals surface area contributed by atoms with Gasteiger partial charge in [0.1, 0.15) is 11.8 Å². The first-order valence-electron chi connectivity index (χ1n) is 13.5. The summed E-state index contributed by atoms with van der Waals surface area (Å²) in [5.41, 5.74) is 7.25. The molecule has 3 aromatic carbocycles. The Bertz CT molecular complexity index is 1680. The van der Waals surface area contributed by atoms with Crippen molar-refractivity contribution in [1.29, 1.82) is 5.26 Å². The van der Waals surface area contributed by atoms with E-state index >= 15 is 0 Å². The molecule has 41 heavy (non-hydrogen) atoms. The van der Waals surface area contributed by atoms with Gasteiger partial charge in [-0.3, -0.25) is 9.89 Å². The number of hydrogen-bond acceptors (Lipinski definition) is 6. The molecular formula is C32H30ClN7O. The predicted molar refractivity (Wildman–Crippen MR) is 163 cm³/mol. The Kier molecular flexibility index (Phi) is 9.22. The average Bonchev–Trinajstić information content (AvgIpc) is 3.49. The van der Waals surface area contributed by atoms with Gasteiger partial charge in [-0.15, -0.1) is 0 Å². The van der Waals surface area contributed by atoms with E-state index in [-0.39, 0.29) is 5.91 Å². The van der Waals surface area contributed by atoms with Gasteiger partial charge < -0.3 is 16.0 Å².